The van der Waals surface area contributed by atoms with Crippen molar-refractivity contribution in [2.24, 2.45) is 5.92 Å². The van der Waals surface area contributed by atoms with Crippen molar-refractivity contribution in [3.05, 3.63) is 0 Å². The molecule has 0 aromatic heterocycles. The van der Waals surface area contributed by atoms with Crippen molar-refractivity contribution >= 4 is 5.91 Å². The predicted octanol–water partition coefficient (Wildman–Crippen LogP) is 0.339. The average Bonchev–Trinajstić information content (AvgIpc) is 2.84. The molecule has 3 aliphatic rings. The maximum atomic E-state index is 11.9. The van der Waals surface area contributed by atoms with Crippen LogP contribution in [0, 0.1) is 5.92 Å². The average molecular weight is 237 g/mol. The molecule has 3 fully saturated rings. The number of carbonyl (C=O) groups excluding carboxylic acids is 1. The number of nitrogens with zero attached hydrogens (tertiary/aromatic N) is 1. The molecule has 4 heteroatoms. The van der Waals surface area contributed by atoms with Crippen LogP contribution in [0.15, 0.2) is 0 Å². The van der Waals surface area contributed by atoms with Crippen LogP contribution in [0.2, 0.25) is 0 Å². The van der Waals surface area contributed by atoms with E-state index in [1.54, 1.807) is 0 Å². The van der Waals surface area contributed by atoms with Gasteiger partial charge in [0.1, 0.15) is 0 Å². The fraction of sp³-hybridized carbons (Fsp3) is 0.923. The van der Waals surface area contributed by atoms with Crippen LogP contribution in [0.1, 0.15) is 32.1 Å². The monoisotopic (exact) mass is 237 g/mol. The summed E-state index contributed by atoms with van der Waals surface area (Å²) >= 11 is 0. The first-order valence-electron chi connectivity index (χ1n) is 7.05. The van der Waals surface area contributed by atoms with Crippen LogP contribution in [0.3, 0.4) is 0 Å². The van der Waals surface area contributed by atoms with Crippen LogP contribution >= 0.6 is 0 Å². The lowest BCUT2D eigenvalue weighted by molar-refractivity contribution is -0.122. The third kappa shape index (κ3) is 2.99. The number of hydrogen-bond acceptors (Lipinski definition) is 3. The number of likely N-dealkylation sites (tertiary alicyclic amines) is 1. The van der Waals surface area contributed by atoms with E-state index in [-0.39, 0.29) is 5.91 Å². The van der Waals surface area contributed by atoms with Crippen LogP contribution in [-0.2, 0) is 4.79 Å². The van der Waals surface area contributed by atoms with E-state index in [1.165, 1.54) is 19.4 Å². The quantitative estimate of drug-likeness (QED) is 0.741. The number of rotatable bonds is 4. The lowest BCUT2D eigenvalue weighted by Crippen LogP contribution is -2.38. The molecule has 4 nitrogen and oxygen atoms in total. The van der Waals surface area contributed by atoms with Crippen LogP contribution in [0.25, 0.3) is 0 Å². The van der Waals surface area contributed by atoms with E-state index in [0.717, 1.165) is 38.5 Å². The summed E-state index contributed by atoms with van der Waals surface area (Å²) in [5.41, 5.74) is 0. The zero-order valence-corrected chi connectivity index (χ0v) is 10.5. The molecule has 0 bridgehead atoms. The van der Waals surface area contributed by atoms with Gasteiger partial charge in [-0.05, 0) is 44.7 Å². The van der Waals surface area contributed by atoms with E-state index < -0.39 is 0 Å². The summed E-state index contributed by atoms with van der Waals surface area (Å²) in [6.45, 7) is 4.36. The molecule has 1 aliphatic carbocycles. The Kier molecular flexibility index (Phi) is 3.34. The van der Waals surface area contributed by atoms with Gasteiger partial charge in [0.05, 0.1) is 0 Å². The number of carbonyl (C=O) groups is 1. The molecule has 96 valence electrons. The van der Waals surface area contributed by atoms with Gasteiger partial charge in [-0.25, -0.2) is 0 Å². The summed E-state index contributed by atoms with van der Waals surface area (Å²) < 4.78 is 0. The molecule has 2 unspecified atom stereocenters. The minimum atomic E-state index is 0.265. The fourth-order valence-corrected chi connectivity index (χ4v) is 3.11. The third-order valence-electron chi connectivity index (χ3n) is 4.28. The second-order valence-corrected chi connectivity index (χ2v) is 5.84. The summed E-state index contributed by atoms with van der Waals surface area (Å²) in [7, 11) is 0. The first kappa shape index (κ1) is 11.5. The van der Waals surface area contributed by atoms with Gasteiger partial charge in [0.25, 0.3) is 0 Å². The van der Waals surface area contributed by atoms with Crippen molar-refractivity contribution in [1.82, 2.24) is 15.5 Å². The first-order valence-corrected chi connectivity index (χ1v) is 7.05. The molecule has 2 saturated heterocycles. The lowest BCUT2D eigenvalue weighted by atomic mass is 10.0. The Morgan fingerprint density at radius 1 is 1.29 bits per heavy atom. The molecule has 2 N–H and O–H groups in total. The zero-order chi connectivity index (χ0) is 11.7. The highest BCUT2D eigenvalue weighted by Crippen LogP contribution is 2.29. The van der Waals surface area contributed by atoms with Crippen LogP contribution in [0.4, 0.5) is 0 Å². The molecule has 1 amide bonds. The Hall–Kier alpha value is -0.610. The molecule has 0 spiro atoms. The van der Waals surface area contributed by atoms with Gasteiger partial charge in [-0.1, -0.05) is 0 Å². The van der Waals surface area contributed by atoms with E-state index in [9.17, 15) is 4.79 Å². The van der Waals surface area contributed by atoms with Crippen molar-refractivity contribution in [2.75, 3.05) is 26.2 Å². The second-order valence-electron chi connectivity index (χ2n) is 5.84. The molecule has 3 rings (SSSR count). The minimum Gasteiger partial charge on any atom is -0.352 e. The highest BCUT2D eigenvalue weighted by atomic mass is 16.1. The number of nitrogens with one attached hydrogen (secondary N) is 2. The smallest absolute Gasteiger partial charge is 0.220 e. The van der Waals surface area contributed by atoms with E-state index in [4.69, 9.17) is 0 Å². The third-order valence-corrected chi connectivity index (χ3v) is 4.28. The summed E-state index contributed by atoms with van der Waals surface area (Å²) in [5.74, 6) is 0.831. The summed E-state index contributed by atoms with van der Waals surface area (Å²) in [5, 5.41) is 6.52. The van der Waals surface area contributed by atoms with Gasteiger partial charge < -0.3 is 10.6 Å². The Morgan fingerprint density at radius 3 is 2.88 bits per heavy atom. The van der Waals surface area contributed by atoms with E-state index in [0.29, 0.717) is 18.4 Å². The first-order chi connectivity index (χ1) is 8.31. The number of hydrogen-bond donors (Lipinski definition) is 2. The molecular weight excluding hydrogens is 214 g/mol. The van der Waals surface area contributed by atoms with Gasteiger partial charge in [-0.2, -0.15) is 0 Å². The normalized spacial score (nSPS) is 34.1. The predicted molar refractivity (Wildman–Crippen MR) is 66.7 cm³/mol. The van der Waals surface area contributed by atoms with E-state index in [1.807, 2.05) is 0 Å². The maximum absolute atomic E-state index is 11.9. The van der Waals surface area contributed by atoms with Gasteiger partial charge in [0, 0.05) is 31.6 Å². The van der Waals surface area contributed by atoms with Crippen LogP contribution in [0.5, 0.6) is 0 Å². The second kappa shape index (κ2) is 4.94. The molecule has 17 heavy (non-hydrogen) atoms. The van der Waals surface area contributed by atoms with Crippen LogP contribution < -0.4 is 10.6 Å². The van der Waals surface area contributed by atoms with E-state index >= 15 is 0 Å². The number of amides is 1. The lowest BCUT2D eigenvalue weighted by Gasteiger charge is -2.16. The van der Waals surface area contributed by atoms with Gasteiger partial charge in [0.15, 0.2) is 0 Å². The molecule has 1 saturated carbocycles. The topological polar surface area (TPSA) is 44.4 Å². The standard InChI is InChI=1S/C13H23N3O/c17-13(7-10-3-5-14-8-10)15-11-4-6-16(9-11)12-1-2-12/h10-12,14H,1-9H2,(H,15,17). The van der Waals surface area contributed by atoms with Crippen molar-refractivity contribution in [3.8, 4) is 0 Å². The van der Waals surface area contributed by atoms with Gasteiger partial charge in [-0.3, -0.25) is 9.69 Å². The Bertz CT molecular complexity index is 284. The highest BCUT2D eigenvalue weighted by molar-refractivity contribution is 5.76. The van der Waals surface area contributed by atoms with Gasteiger partial charge in [0.2, 0.25) is 5.91 Å². The minimum absolute atomic E-state index is 0.265. The molecule has 0 aromatic rings. The van der Waals surface area contributed by atoms with Crippen LogP contribution in [-0.4, -0.2) is 49.1 Å². The molecule has 2 heterocycles. The SMILES string of the molecule is O=C(CC1CCNC1)NC1CCN(C2CC2)C1. The van der Waals surface area contributed by atoms with Crippen molar-refractivity contribution in [2.45, 2.75) is 44.2 Å². The molecule has 2 atom stereocenters. The van der Waals surface area contributed by atoms with E-state index in [2.05, 4.69) is 15.5 Å². The highest BCUT2D eigenvalue weighted by Gasteiger charge is 2.34. The molecular formula is C13H23N3O. The Labute approximate surface area is 103 Å². The van der Waals surface area contributed by atoms with Crippen molar-refractivity contribution in [3.63, 3.8) is 0 Å². The molecule has 0 radical (unpaired) electrons. The van der Waals surface area contributed by atoms with Gasteiger partial charge >= 0.3 is 0 Å². The molecule has 0 aromatic carbocycles. The van der Waals surface area contributed by atoms with Crippen molar-refractivity contribution in [1.29, 1.82) is 0 Å². The summed E-state index contributed by atoms with van der Waals surface area (Å²) in [4.78, 5) is 14.4. The Balaban J connectivity index is 1.39. The molecule has 2 aliphatic heterocycles. The maximum Gasteiger partial charge on any atom is 0.220 e. The van der Waals surface area contributed by atoms with Gasteiger partial charge in [-0.15, -0.1) is 0 Å². The largest absolute Gasteiger partial charge is 0.352 e. The summed E-state index contributed by atoms with van der Waals surface area (Å²) in [6, 6.07) is 1.26. The summed E-state index contributed by atoms with van der Waals surface area (Å²) in [6.07, 6.45) is 5.76. The van der Waals surface area contributed by atoms with Crippen molar-refractivity contribution < 1.29 is 4.79 Å². The zero-order valence-electron chi connectivity index (χ0n) is 10.5. The Morgan fingerprint density at radius 2 is 2.18 bits per heavy atom. The fourth-order valence-electron chi connectivity index (χ4n) is 3.11.